The van der Waals surface area contributed by atoms with Crippen LogP contribution in [-0.4, -0.2) is 44.7 Å². The number of hydrogen-bond acceptors (Lipinski definition) is 5. The third-order valence-electron chi connectivity index (χ3n) is 2.75. The number of Topliss-reactive ketones (excluding diaryl/α,β-unsaturated/α-hetero) is 1. The van der Waals surface area contributed by atoms with Gasteiger partial charge in [0.25, 0.3) is 5.78 Å². The van der Waals surface area contributed by atoms with Crippen LogP contribution in [-0.2, 0) is 22.8 Å². The van der Waals surface area contributed by atoms with Gasteiger partial charge < -0.3 is 19.0 Å². The Morgan fingerprint density at radius 1 is 1.29 bits per heavy atom. The van der Waals surface area contributed by atoms with Crippen molar-refractivity contribution < 1.29 is 27.6 Å². The number of ketones is 1. The molecule has 7 nitrogen and oxygen atoms in total. The van der Waals surface area contributed by atoms with E-state index in [1.807, 2.05) is 6.92 Å². The van der Waals surface area contributed by atoms with Gasteiger partial charge in [0.2, 0.25) is 0 Å². The lowest BCUT2D eigenvalue weighted by molar-refractivity contribution is -0.117. The molecule has 0 aliphatic heterocycles. The predicted octanol–water partition coefficient (Wildman–Crippen LogP) is 3.08. The van der Waals surface area contributed by atoms with Crippen LogP contribution in [0, 0.1) is 0 Å². The molecule has 0 N–H and O–H groups in total. The molecule has 0 saturated heterocycles. The summed E-state index contributed by atoms with van der Waals surface area (Å²) < 4.78 is 27.4. The number of nitrogens with zero attached hydrogens (tertiary/aromatic N) is 2. The minimum Gasteiger partial charge on any atom is -0.415 e. The Labute approximate surface area is 127 Å². The van der Waals surface area contributed by atoms with Crippen molar-refractivity contribution in [3.63, 3.8) is 0 Å². The molecule has 0 amide bonds. The molecule has 0 radical (unpaired) electrons. The average Bonchev–Trinajstić information content (AvgIpc) is 2.42. The molecule has 1 unspecified atom stereocenters. The first-order chi connectivity index (χ1) is 9.63. The Balaban J connectivity index is 4.82. The topological polar surface area (TPSA) is 98.2 Å². The van der Waals surface area contributed by atoms with E-state index in [0.717, 1.165) is 20.6 Å². The lowest BCUT2D eigenvalue weighted by Crippen LogP contribution is -2.32. The second-order valence-corrected chi connectivity index (χ2v) is 12.1. The summed E-state index contributed by atoms with van der Waals surface area (Å²) >= 11 is 0. The smallest absolute Gasteiger partial charge is 0.415 e. The van der Waals surface area contributed by atoms with E-state index in [0.29, 0.717) is 6.42 Å². The van der Waals surface area contributed by atoms with Gasteiger partial charge in [0.05, 0.1) is 0 Å². The third kappa shape index (κ3) is 6.78. The van der Waals surface area contributed by atoms with E-state index < -0.39 is 27.1 Å². The maximum Gasteiger partial charge on any atom is 0.446 e. The van der Waals surface area contributed by atoms with Crippen molar-refractivity contribution in [2.45, 2.75) is 51.9 Å². The summed E-state index contributed by atoms with van der Waals surface area (Å²) in [5.41, 5.74) is 8.34. The molecule has 0 spiro atoms. The summed E-state index contributed by atoms with van der Waals surface area (Å²) in [7, 11) is -3.27. The maximum atomic E-state index is 12.1. The van der Waals surface area contributed by atoms with Gasteiger partial charge in [0.1, 0.15) is 0 Å². The van der Waals surface area contributed by atoms with Crippen LogP contribution in [0.2, 0.25) is 19.6 Å². The van der Waals surface area contributed by atoms with Crippen LogP contribution in [0.25, 0.3) is 5.53 Å². The highest BCUT2D eigenvalue weighted by Crippen LogP contribution is 2.47. The molecule has 0 saturated carbocycles. The Kier molecular flexibility index (Phi) is 8.47. The first-order valence-corrected chi connectivity index (χ1v) is 11.7. The molecule has 0 aromatic rings. The molecule has 0 bridgehead atoms. The number of carbonyl (C=O) groups excluding carboxylic acids is 1. The van der Waals surface area contributed by atoms with Gasteiger partial charge in [0.15, 0.2) is 8.32 Å². The number of hydrogen-bond donors (Lipinski definition) is 0. The minimum absolute atomic E-state index is 0.0509. The van der Waals surface area contributed by atoms with Crippen molar-refractivity contribution in [1.29, 1.82) is 0 Å². The van der Waals surface area contributed by atoms with E-state index in [1.54, 1.807) is 0 Å². The van der Waals surface area contributed by atoms with Gasteiger partial charge in [-0.25, -0.2) is 4.57 Å². The molecule has 1 atom stereocenters. The highest BCUT2D eigenvalue weighted by atomic mass is 31.2. The molecular formula is C12H25N2O5PSi. The Morgan fingerprint density at radius 2 is 1.81 bits per heavy atom. The fraction of sp³-hybridized carbons (Fsp3) is 0.833. The predicted molar refractivity (Wildman–Crippen MR) is 83.0 cm³/mol. The maximum absolute atomic E-state index is 12.1. The SMILES string of the molecule is CCC(CCC(=O)C(=[N+]=[N-])P(=O)(OC)OC)O[Si](C)(C)C. The first kappa shape index (κ1) is 20.4. The zero-order valence-corrected chi connectivity index (χ0v) is 15.5. The molecule has 0 heterocycles. The first-order valence-electron chi connectivity index (χ1n) is 6.78. The lowest BCUT2D eigenvalue weighted by atomic mass is 10.1. The summed E-state index contributed by atoms with van der Waals surface area (Å²) in [5.74, 6) is -0.567. The number of carbonyl (C=O) groups is 1. The minimum atomic E-state index is -3.84. The van der Waals surface area contributed by atoms with E-state index >= 15 is 0 Å². The van der Waals surface area contributed by atoms with E-state index in [-0.39, 0.29) is 12.5 Å². The standard InChI is InChI=1S/C12H25N2O5PSi/c1-7-10(19-21(4,5)6)8-9-11(15)12(14-13)20(16,17-2)18-3/h10H,7-9H2,1-6H3. The van der Waals surface area contributed by atoms with Gasteiger partial charge in [0, 0.05) is 26.7 Å². The largest absolute Gasteiger partial charge is 0.446 e. The van der Waals surface area contributed by atoms with Crippen molar-refractivity contribution in [1.82, 2.24) is 0 Å². The van der Waals surface area contributed by atoms with E-state index in [4.69, 9.17) is 9.96 Å². The Hall–Kier alpha value is -0.623. The van der Waals surface area contributed by atoms with Crippen LogP contribution in [0.4, 0.5) is 0 Å². The van der Waals surface area contributed by atoms with Crippen LogP contribution in [0.5, 0.6) is 0 Å². The lowest BCUT2D eigenvalue weighted by Gasteiger charge is -2.25. The molecular weight excluding hydrogens is 311 g/mol. The fourth-order valence-corrected chi connectivity index (χ4v) is 4.07. The summed E-state index contributed by atoms with van der Waals surface area (Å²) in [6, 6.07) is 0. The van der Waals surface area contributed by atoms with Gasteiger partial charge in [-0.15, -0.1) is 0 Å². The van der Waals surface area contributed by atoms with Gasteiger partial charge in [-0.05, 0) is 32.5 Å². The highest BCUT2D eigenvalue weighted by Gasteiger charge is 2.43. The molecule has 0 aliphatic carbocycles. The highest BCUT2D eigenvalue weighted by molar-refractivity contribution is 7.74. The van der Waals surface area contributed by atoms with E-state index in [1.165, 1.54) is 0 Å². The van der Waals surface area contributed by atoms with Gasteiger partial charge >= 0.3 is 13.0 Å². The van der Waals surface area contributed by atoms with Gasteiger partial charge in [-0.2, -0.15) is 4.79 Å². The van der Waals surface area contributed by atoms with Crippen molar-refractivity contribution in [2.75, 3.05) is 14.2 Å². The molecule has 21 heavy (non-hydrogen) atoms. The van der Waals surface area contributed by atoms with Crippen molar-refractivity contribution in [3.8, 4) is 0 Å². The fourth-order valence-electron chi connectivity index (χ4n) is 1.76. The summed E-state index contributed by atoms with van der Waals surface area (Å²) in [6.45, 7) is 8.19. The molecule has 0 aromatic carbocycles. The molecule has 122 valence electrons. The van der Waals surface area contributed by atoms with Gasteiger partial charge in [-0.1, -0.05) is 6.92 Å². The van der Waals surface area contributed by atoms with Crippen LogP contribution >= 0.6 is 7.60 Å². The molecule has 0 fully saturated rings. The van der Waals surface area contributed by atoms with Crippen LogP contribution in [0.15, 0.2) is 0 Å². The molecule has 0 aromatic heterocycles. The molecule has 9 heteroatoms. The Morgan fingerprint density at radius 3 is 2.14 bits per heavy atom. The monoisotopic (exact) mass is 336 g/mol. The van der Waals surface area contributed by atoms with Crippen LogP contribution in [0.3, 0.4) is 0 Å². The second-order valence-electron chi connectivity index (χ2n) is 5.51. The summed E-state index contributed by atoms with van der Waals surface area (Å²) in [4.78, 5) is 14.9. The van der Waals surface area contributed by atoms with E-state index in [9.17, 15) is 9.36 Å². The van der Waals surface area contributed by atoms with Crippen molar-refractivity contribution in [3.05, 3.63) is 5.53 Å². The number of rotatable bonds is 10. The second kappa shape index (κ2) is 8.73. The molecule has 0 aliphatic rings. The summed E-state index contributed by atoms with van der Waals surface area (Å²) in [6.07, 6.45) is 1.24. The van der Waals surface area contributed by atoms with Crippen molar-refractivity contribution in [2.24, 2.45) is 0 Å². The third-order valence-corrected chi connectivity index (χ3v) is 5.61. The Bertz CT molecular complexity index is 449. The van der Waals surface area contributed by atoms with Crippen LogP contribution in [0.1, 0.15) is 26.2 Å². The summed E-state index contributed by atoms with van der Waals surface area (Å²) in [5, 5.41) is 0. The van der Waals surface area contributed by atoms with Crippen molar-refractivity contribution >= 4 is 27.1 Å². The average molecular weight is 336 g/mol. The van der Waals surface area contributed by atoms with E-state index in [2.05, 4.69) is 33.5 Å². The zero-order valence-electron chi connectivity index (χ0n) is 13.6. The van der Waals surface area contributed by atoms with Crippen LogP contribution < -0.4 is 0 Å². The van der Waals surface area contributed by atoms with Gasteiger partial charge in [-0.3, -0.25) is 4.79 Å². The quantitative estimate of drug-likeness (QED) is 0.201. The normalized spacial score (nSPS) is 13.6. The zero-order chi connectivity index (χ0) is 16.7. The molecule has 0 rings (SSSR count).